The van der Waals surface area contributed by atoms with Crippen molar-refractivity contribution in [3.63, 3.8) is 0 Å². The Kier molecular flexibility index (Phi) is 4.21. The van der Waals surface area contributed by atoms with Gasteiger partial charge in [0.15, 0.2) is 0 Å². The number of carbonyl (C=O) groups is 2. The molecule has 2 fully saturated rings. The topological polar surface area (TPSA) is 83.0 Å². The number of ether oxygens (including phenoxy) is 1. The molecule has 0 bridgehead atoms. The molecule has 3 heterocycles. The van der Waals surface area contributed by atoms with Crippen molar-refractivity contribution in [3.8, 4) is 0 Å². The van der Waals surface area contributed by atoms with E-state index in [4.69, 9.17) is 9.84 Å². The highest BCUT2D eigenvalue weighted by atomic mass is 16.5. The molecule has 2 saturated heterocycles. The van der Waals surface area contributed by atoms with Crippen LogP contribution >= 0.6 is 0 Å². The van der Waals surface area contributed by atoms with Gasteiger partial charge in [0.1, 0.15) is 5.69 Å². The first-order valence-electron chi connectivity index (χ1n) is 7.81. The summed E-state index contributed by atoms with van der Waals surface area (Å²) in [6, 6.07) is 5.28. The van der Waals surface area contributed by atoms with E-state index in [2.05, 4.69) is 4.98 Å². The molecule has 7 heteroatoms. The van der Waals surface area contributed by atoms with Gasteiger partial charge in [-0.3, -0.25) is 9.78 Å². The Hall–Kier alpha value is -2.15. The van der Waals surface area contributed by atoms with Gasteiger partial charge >= 0.3 is 6.09 Å². The van der Waals surface area contributed by atoms with Gasteiger partial charge in [-0.15, -0.1) is 0 Å². The lowest BCUT2D eigenvalue weighted by atomic mass is 9.87. The lowest BCUT2D eigenvalue weighted by Gasteiger charge is -2.37. The molecule has 124 valence electrons. The van der Waals surface area contributed by atoms with Crippen LogP contribution in [0, 0.1) is 0 Å². The van der Waals surface area contributed by atoms with Gasteiger partial charge in [0.25, 0.3) is 5.91 Å². The molecule has 1 aromatic rings. The van der Waals surface area contributed by atoms with Crippen LogP contribution in [0.1, 0.15) is 29.8 Å². The maximum absolute atomic E-state index is 12.5. The lowest BCUT2D eigenvalue weighted by molar-refractivity contribution is -0.0398. The second-order valence-electron chi connectivity index (χ2n) is 6.25. The summed E-state index contributed by atoms with van der Waals surface area (Å²) in [6.45, 7) is 1.46. The van der Waals surface area contributed by atoms with Gasteiger partial charge in [-0.1, -0.05) is 6.07 Å². The molecule has 1 atom stereocenters. The van der Waals surface area contributed by atoms with Crippen LogP contribution in [0.3, 0.4) is 0 Å². The third-order valence-corrected chi connectivity index (χ3v) is 4.89. The summed E-state index contributed by atoms with van der Waals surface area (Å²) in [5.74, 6) is -0.112. The fourth-order valence-electron chi connectivity index (χ4n) is 3.36. The lowest BCUT2D eigenvalue weighted by Crippen LogP contribution is -2.46. The van der Waals surface area contributed by atoms with Gasteiger partial charge in [0.2, 0.25) is 0 Å². The first-order chi connectivity index (χ1) is 11.0. The van der Waals surface area contributed by atoms with Crippen molar-refractivity contribution < 1.29 is 19.4 Å². The molecule has 23 heavy (non-hydrogen) atoms. The molecule has 0 aromatic carbocycles. The molecule has 0 unspecified atom stereocenters. The number of hydrogen-bond donors (Lipinski definition) is 1. The average molecular weight is 319 g/mol. The average Bonchev–Trinajstić information content (AvgIpc) is 2.98. The van der Waals surface area contributed by atoms with E-state index < -0.39 is 6.09 Å². The molecule has 3 rings (SSSR count). The molecular weight excluding hydrogens is 298 g/mol. The number of likely N-dealkylation sites (N-methyl/N-ethyl adjacent to an activating group) is 1. The molecule has 2 aliphatic heterocycles. The van der Waals surface area contributed by atoms with Crippen LogP contribution < -0.4 is 0 Å². The first-order valence-corrected chi connectivity index (χ1v) is 7.81. The number of rotatable bonds is 2. The summed E-state index contributed by atoms with van der Waals surface area (Å²) in [6.07, 6.45) is 2.84. The predicted molar refractivity (Wildman–Crippen MR) is 82.3 cm³/mol. The van der Waals surface area contributed by atoms with Crippen molar-refractivity contribution in [3.05, 3.63) is 30.1 Å². The number of pyridine rings is 1. The summed E-state index contributed by atoms with van der Waals surface area (Å²) in [5, 5.41) is 9.03. The number of piperidine rings is 1. The molecule has 1 N–H and O–H groups in total. The number of carbonyl (C=O) groups excluding carboxylic acids is 1. The zero-order valence-corrected chi connectivity index (χ0v) is 13.1. The Bertz CT molecular complexity index is 584. The maximum atomic E-state index is 12.5. The predicted octanol–water partition coefficient (Wildman–Crippen LogP) is 1.46. The van der Waals surface area contributed by atoms with Crippen molar-refractivity contribution in [1.82, 2.24) is 14.8 Å². The van der Waals surface area contributed by atoms with Crippen molar-refractivity contribution in [2.24, 2.45) is 0 Å². The standard InChI is InChI=1S/C16H21N3O4/c1-18(14(20)13-4-2-3-7-17-13)12-10-16(23-11-12)5-8-19(9-6-16)15(21)22/h2-4,7,12H,5-6,8-11H2,1H3,(H,21,22)/t12-/m1/s1. The summed E-state index contributed by atoms with van der Waals surface area (Å²) in [5.41, 5.74) is 0.131. The summed E-state index contributed by atoms with van der Waals surface area (Å²) in [4.78, 5) is 30.7. The highest BCUT2D eigenvalue weighted by molar-refractivity contribution is 5.92. The van der Waals surface area contributed by atoms with Crippen molar-refractivity contribution in [2.45, 2.75) is 30.9 Å². The smallest absolute Gasteiger partial charge is 0.407 e. The molecule has 2 aliphatic rings. The summed E-state index contributed by atoms with van der Waals surface area (Å²) < 4.78 is 6.00. The minimum Gasteiger partial charge on any atom is -0.465 e. The van der Waals surface area contributed by atoms with E-state index in [1.54, 1.807) is 36.3 Å². The largest absolute Gasteiger partial charge is 0.465 e. The normalized spacial score (nSPS) is 23.0. The quantitative estimate of drug-likeness (QED) is 0.892. The maximum Gasteiger partial charge on any atom is 0.407 e. The van der Waals surface area contributed by atoms with Crippen molar-refractivity contribution >= 4 is 12.0 Å². The van der Waals surface area contributed by atoms with E-state index >= 15 is 0 Å². The van der Waals surface area contributed by atoms with E-state index in [9.17, 15) is 9.59 Å². The number of aromatic nitrogens is 1. The Balaban J connectivity index is 1.61. The van der Waals surface area contributed by atoms with Crippen LogP contribution in [0.15, 0.2) is 24.4 Å². The zero-order chi connectivity index (χ0) is 16.4. The second-order valence-corrected chi connectivity index (χ2v) is 6.25. The molecule has 0 saturated carbocycles. The number of carboxylic acid groups (broad SMARTS) is 1. The molecular formula is C16H21N3O4. The van der Waals surface area contributed by atoms with E-state index in [0.717, 1.165) is 6.42 Å². The van der Waals surface area contributed by atoms with Crippen LogP contribution in [-0.2, 0) is 4.74 Å². The molecule has 7 nitrogen and oxygen atoms in total. The van der Waals surface area contributed by atoms with Gasteiger partial charge in [-0.25, -0.2) is 4.79 Å². The first kappa shape index (κ1) is 15.7. The Morgan fingerprint density at radius 3 is 2.74 bits per heavy atom. The summed E-state index contributed by atoms with van der Waals surface area (Å²) in [7, 11) is 1.77. The van der Waals surface area contributed by atoms with Gasteiger partial charge in [-0.05, 0) is 31.4 Å². The summed E-state index contributed by atoms with van der Waals surface area (Å²) >= 11 is 0. The van der Waals surface area contributed by atoms with Crippen LogP contribution in [0.25, 0.3) is 0 Å². The van der Waals surface area contributed by atoms with Crippen LogP contribution in [-0.4, -0.2) is 70.3 Å². The van der Waals surface area contributed by atoms with Gasteiger partial charge in [0, 0.05) is 26.3 Å². The number of hydrogen-bond acceptors (Lipinski definition) is 4. The van der Waals surface area contributed by atoms with Crippen LogP contribution in [0.5, 0.6) is 0 Å². The van der Waals surface area contributed by atoms with Gasteiger partial charge in [-0.2, -0.15) is 0 Å². The third kappa shape index (κ3) is 3.14. The van der Waals surface area contributed by atoms with E-state index in [0.29, 0.717) is 38.2 Å². The molecule has 0 aliphatic carbocycles. The third-order valence-electron chi connectivity index (χ3n) is 4.89. The fourth-order valence-corrected chi connectivity index (χ4v) is 3.36. The SMILES string of the molecule is CN(C(=O)c1ccccn1)[C@H]1COC2(CCN(C(=O)O)CC2)C1. The molecule has 1 spiro atoms. The minimum absolute atomic E-state index is 0.000819. The van der Waals surface area contributed by atoms with Crippen LogP contribution in [0.4, 0.5) is 4.79 Å². The van der Waals surface area contributed by atoms with E-state index in [1.807, 2.05) is 0 Å². The Labute approximate surface area is 134 Å². The number of amides is 2. The van der Waals surface area contributed by atoms with E-state index in [1.165, 1.54) is 4.90 Å². The second kappa shape index (κ2) is 6.16. The Morgan fingerprint density at radius 1 is 1.39 bits per heavy atom. The molecule has 2 amide bonds. The van der Waals surface area contributed by atoms with Crippen molar-refractivity contribution in [1.29, 1.82) is 0 Å². The highest BCUT2D eigenvalue weighted by Crippen LogP contribution is 2.37. The van der Waals surface area contributed by atoms with Crippen LogP contribution in [0.2, 0.25) is 0 Å². The Morgan fingerprint density at radius 2 is 2.13 bits per heavy atom. The molecule has 1 aromatic heterocycles. The van der Waals surface area contributed by atoms with Gasteiger partial charge in [0.05, 0.1) is 18.2 Å². The van der Waals surface area contributed by atoms with E-state index in [-0.39, 0.29) is 17.6 Å². The highest BCUT2D eigenvalue weighted by Gasteiger charge is 2.45. The molecule has 0 radical (unpaired) electrons. The van der Waals surface area contributed by atoms with Gasteiger partial charge < -0.3 is 19.6 Å². The minimum atomic E-state index is -0.878. The zero-order valence-electron chi connectivity index (χ0n) is 13.1. The monoisotopic (exact) mass is 319 g/mol. The number of likely N-dealkylation sites (tertiary alicyclic amines) is 1. The number of nitrogens with zero attached hydrogens (tertiary/aromatic N) is 3. The fraction of sp³-hybridized carbons (Fsp3) is 0.562. The van der Waals surface area contributed by atoms with Crippen molar-refractivity contribution in [2.75, 3.05) is 26.7 Å².